The molecule has 0 spiro atoms. The summed E-state index contributed by atoms with van der Waals surface area (Å²) in [6, 6.07) is 12.8. The van der Waals surface area contributed by atoms with E-state index in [-0.39, 0.29) is 17.7 Å². The van der Waals surface area contributed by atoms with E-state index in [9.17, 15) is 19.5 Å². The molecule has 0 unspecified atom stereocenters. The van der Waals surface area contributed by atoms with Gasteiger partial charge in [-0.15, -0.1) is 0 Å². The molecular weight excluding hydrogens is 466 g/mol. The predicted molar refractivity (Wildman–Crippen MR) is 136 cm³/mol. The fourth-order valence-electron chi connectivity index (χ4n) is 4.65. The van der Waals surface area contributed by atoms with Gasteiger partial charge in [0.25, 0.3) is 11.8 Å². The van der Waals surface area contributed by atoms with E-state index in [4.69, 9.17) is 11.6 Å². The van der Waals surface area contributed by atoms with Crippen molar-refractivity contribution in [1.29, 1.82) is 0 Å². The number of rotatable bonds is 6. The van der Waals surface area contributed by atoms with Gasteiger partial charge in [-0.05, 0) is 48.2 Å². The van der Waals surface area contributed by atoms with Gasteiger partial charge in [-0.2, -0.15) is 0 Å². The molecule has 2 atom stereocenters. The summed E-state index contributed by atoms with van der Waals surface area (Å²) in [5, 5.41) is 17.6. The molecule has 1 saturated heterocycles. The average Bonchev–Trinajstić information content (AvgIpc) is 2.83. The topological polar surface area (TPSA) is 98.7 Å². The summed E-state index contributed by atoms with van der Waals surface area (Å²) >= 11 is 6.02. The molecule has 1 heterocycles. The van der Waals surface area contributed by atoms with E-state index in [0.29, 0.717) is 35.7 Å². The lowest BCUT2D eigenvalue weighted by molar-refractivity contribution is -0.155. The van der Waals surface area contributed by atoms with Gasteiger partial charge >= 0.3 is 0 Å². The Bertz CT molecular complexity index is 1100. The number of carbonyl (C=O) groups is 3. The largest absolute Gasteiger partial charge is 0.384 e. The Labute approximate surface area is 211 Å². The van der Waals surface area contributed by atoms with Crippen molar-refractivity contribution < 1.29 is 19.5 Å². The first kappa shape index (κ1) is 26.7. The number of nitrogens with one attached hydrogen (secondary N) is 2. The molecule has 3 amide bonds. The maximum absolute atomic E-state index is 13.6. The maximum Gasteiger partial charge on any atom is 0.251 e. The maximum atomic E-state index is 13.6. The molecule has 3 N–H and O–H groups in total. The van der Waals surface area contributed by atoms with Crippen LogP contribution in [0.15, 0.2) is 48.5 Å². The minimum Gasteiger partial charge on any atom is -0.384 e. The van der Waals surface area contributed by atoms with Gasteiger partial charge in [0, 0.05) is 41.7 Å². The van der Waals surface area contributed by atoms with Gasteiger partial charge in [0.15, 0.2) is 0 Å². The molecule has 0 saturated carbocycles. The molecule has 188 valence electrons. The van der Waals surface area contributed by atoms with Gasteiger partial charge in [0.1, 0.15) is 6.04 Å². The Hall–Kier alpha value is -2.90. The number of likely N-dealkylation sites (tertiary alicyclic amines) is 1. The third-order valence-corrected chi connectivity index (χ3v) is 7.17. The lowest BCUT2D eigenvalue weighted by Gasteiger charge is -2.51. The van der Waals surface area contributed by atoms with E-state index in [0.717, 1.165) is 5.56 Å². The van der Waals surface area contributed by atoms with Crippen molar-refractivity contribution >= 4 is 29.3 Å². The third-order valence-electron chi connectivity index (χ3n) is 6.92. The van der Waals surface area contributed by atoms with E-state index in [1.165, 1.54) is 13.1 Å². The van der Waals surface area contributed by atoms with E-state index < -0.39 is 23.0 Å². The second-order valence-corrected chi connectivity index (χ2v) is 10.6. The van der Waals surface area contributed by atoms with Crippen LogP contribution in [0.5, 0.6) is 0 Å². The van der Waals surface area contributed by atoms with Crippen LogP contribution in [-0.2, 0) is 10.4 Å². The zero-order valence-corrected chi connectivity index (χ0v) is 21.6. The second-order valence-electron chi connectivity index (χ2n) is 10.1. The molecule has 1 fully saturated rings. The molecule has 2 aromatic rings. The summed E-state index contributed by atoms with van der Waals surface area (Å²) < 4.78 is 0. The van der Waals surface area contributed by atoms with Crippen molar-refractivity contribution in [3.8, 4) is 0 Å². The Balaban J connectivity index is 1.77. The SMILES string of the molecule is CNC(=O)c1cccc(C(=O)N[C@@H](C(=O)N2CC[C@](O)(c3ccc(Cl)cc3)C(C)(C)C2)C(C)C)c1. The van der Waals surface area contributed by atoms with Gasteiger partial charge in [-0.25, -0.2) is 0 Å². The van der Waals surface area contributed by atoms with Crippen molar-refractivity contribution in [2.45, 2.75) is 45.8 Å². The molecule has 3 rings (SSSR count). The van der Waals surface area contributed by atoms with Gasteiger partial charge in [0.2, 0.25) is 5.91 Å². The molecule has 8 heteroatoms. The van der Waals surface area contributed by atoms with Crippen LogP contribution in [0.3, 0.4) is 0 Å². The standard InChI is InChI=1S/C27H34ClN3O4/c1-17(2)22(30-24(33)19-8-6-7-18(15-19)23(32)29-5)25(34)31-14-13-27(35,26(3,4)16-31)20-9-11-21(28)12-10-20/h6-12,15,17,22,35H,13-14,16H2,1-5H3,(H,29,32)(H,30,33)/t22-,27+/m1/s1. The zero-order valence-electron chi connectivity index (χ0n) is 20.9. The summed E-state index contributed by atoms with van der Waals surface area (Å²) in [5.41, 5.74) is -0.316. The first-order valence-corrected chi connectivity index (χ1v) is 12.2. The second kappa shape index (κ2) is 10.4. The highest BCUT2D eigenvalue weighted by Gasteiger charge is 2.50. The fraction of sp³-hybridized carbons (Fsp3) is 0.444. The normalized spacial score (nSPS) is 20.3. The molecule has 0 bridgehead atoms. The lowest BCUT2D eigenvalue weighted by atomic mass is 9.66. The molecule has 7 nitrogen and oxygen atoms in total. The van der Waals surface area contributed by atoms with Crippen molar-refractivity contribution in [2.75, 3.05) is 20.1 Å². The highest BCUT2D eigenvalue weighted by molar-refractivity contribution is 6.30. The van der Waals surface area contributed by atoms with Crippen molar-refractivity contribution in [3.05, 3.63) is 70.2 Å². The first-order chi connectivity index (χ1) is 16.4. The molecule has 0 aromatic heterocycles. The van der Waals surface area contributed by atoms with Gasteiger partial charge in [-0.3, -0.25) is 14.4 Å². The molecule has 1 aliphatic heterocycles. The number of carbonyl (C=O) groups excluding carboxylic acids is 3. The van der Waals surface area contributed by atoms with Gasteiger partial charge in [-0.1, -0.05) is 57.5 Å². The Kier molecular flexibility index (Phi) is 7.92. The minimum atomic E-state index is -1.12. The van der Waals surface area contributed by atoms with Gasteiger partial charge in [0.05, 0.1) is 5.60 Å². The van der Waals surface area contributed by atoms with E-state index in [2.05, 4.69) is 10.6 Å². The van der Waals surface area contributed by atoms with Crippen LogP contribution in [0.25, 0.3) is 0 Å². The summed E-state index contributed by atoms with van der Waals surface area (Å²) in [4.78, 5) is 40.2. The molecule has 0 radical (unpaired) electrons. The quantitative estimate of drug-likeness (QED) is 0.565. The highest BCUT2D eigenvalue weighted by atomic mass is 35.5. The first-order valence-electron chi connectivity index (χ1n) is 11.8. The summed E-state index contributed by atoms with van der Waals surface area (Å²) in [5.74, 6) is -1.06. The van der Waals surface area contributed by atoms with E-state index in [1.54, 1.807) is 35.2 Å². The van der Waals surface area contributed by atoms with Crippen LogP contribution in [0.2, 0.25) is 5.02 Å². The van der Waals surface area contributed by atoms with Crippen LogP contribution < -0.4 is 10.6 Å². The fourth-order valence-corrected chi connectivity index (χ4v) is 4.78. The van der Waals surface area contributed by atoms with Crippen molar-refractivity contribution in [2.24, 2.45) is 11.3 Å². The Morgan fingerprint density at radius 1 is 1.03 bits per heavy atom. The number of amides is 3. The van der Waals surface area contributed by atoms with Crippen LogP contribution in [0, 0.1) is 11.3 Å². The number of hydrogen-bond donors (Lipinski definition) is 3. The number of benzene rings is 2. The van der Waals surface area contributed by atoms with Crippen LogP contribution in [-0.4, -0.2) is 53.9 Å². The monoisotopic (exact) mass is 499 g/mol. The summed E-state index contributed by atoms with van der Waals surface area (Å²) in [6.07, 6.45) is 0.361. The molecule has 2 aromatic carbocycles. The van der Waals surface area contributed by atoms with Crippen LogP contribution >= 0.6 is 11.6 Å². The average molecular weight is 500 g/mol. The Morgan fingerprint density at radius 3 is 2.17 bits per heavy atom. The number of piperidine rings is 1. The number of nitrogens with zero attached hydrogens (tertiary/aromatic N) is 1. The smallest absolute Gasteiger partial charge is 0.251 e. The minimum absolute atomic E-state index is 0.159. The van der Waals surface area contributed by atoms with Crippen molar-refractivity contribution in [3.63, 3.8) is 0 Å². The van der Waals surface area contributed by atoms with E-state index in [1.807, 2.05) is 39.8 Å². The molecule has 1 aliphatic rings. The molecular formula is C27H34ClN3O4. The third kappa shape index (κ3) is 5.52. The highest BCUT2D eigenvalue weighted by Crippen LogP contribution is 2.46. The lowest BCUT2D eigenvalue weighted by Crippen LogP contribution is -2.60. The van der Waals surface area contributed by atoms with Crippen LogP contribution in [0.4, 0.5) is 0 Å². The summed E-state index contributed by atoms with van der Waals surface area (Å²) in [6.45, 7) is 8.32. The molecule has 35 heavy (non-hydrogen) atoms. The number of hydrogen-bond acceptors (Lipinski definition) is 4. The predicted octanol–water partition coefficient (Wildman–Crippen LogP) is 3.60. The van der Waals surface area contributed by atoms with Crippen molar-refractivity contribution in [1.82, 2.24) is 15.5 Å². The summed E-state index contributed by atoms with van der Waals surface area (Å²) in [7, 11) is 1.52. The number of aliphatic hydroxyl groups is 1. The number of halogens is 1. The Morgan fingerprint density at radius 2 is 1.63 bits per heavy atom. The molecule has 0 aliphatic carbocycles. The van der Waals surface area contributed by atoms with Crippen LogP contribution in [0.1, 0.15) is 60.4 Å². The van der Waals surface area contributed by atoms with E-state index >= 15 is 0 Å². The van der Waals surface area contributed by atoms with Gasteiger partial charge < -0.3 is 20.6 Å². The zero-order chi connectivity index (χ0) is 26.0.